The first-order valence-corrected chi connectivity index (χ1v) is 7.18. The molecule has 1 N–H and O–H groups in total. The molecule has 2 amide bonds. The summed E-state index contributed by atoms with van der Waals surface area (Å²) >= 11 is 3.14. The molecule has 1 aromatic carbocycles. The van der Waals surface area contributed by atoms with Crippen LogP contribution in [-0.2, 0) is 4.79 Å². The van der Waals surface area contributed by atoms with Gasteiger partial charge in [0.25, 0.3) is 5.91 Å². The van der Waals surface area contributed by atoms with Crippen molar-refractivity contribution in [1.82, 2.24) is 10.2 Å². The number of carbonyl (C=O) groups is 2. The van der Waals surface area contributed by atoms with Gasteiger partial charge in [-0.05, 0) is 39.0 Å². The zero-order valence-electron chi connectivity index (χ0n) is 11.7. The molecule has 0 bridgehead atoms. The summed E-state index contributed by atoms with van der Waals surface area (Å²) in [5.74, 6) is -1.35. The van der Waals surface area contributed by atoms with Crippen LogP contribution in [0.15, 0.2) is 22.7 Å². The summed E-state index contributed by atoms with van der Waals surface area (Å²) in [5.41, 5.74) is -0.0348. The van der Waals surface area contributed by atoms with Crippen molar-refractivity contribution in [2.45, 2.75) is 26.8 Å². The van der Waals surface area contributed by atoms with Gasteiger partial charge in [-0.2, -0.15) is 0 Å². The van der Waals surface area contributed by atoms with Gasteiger partial charge in [0, 0.05) is 17.1 Å². The first-order chi connectivity index (χ1) is 9.35. The third kappa shape index (κ3) is 4.59. The average Bonchev–Trinajstić information content (AvgIpc) is 2.34. The van der Waals surface area contributed by atoms with E-state index >= 15 is 0 Å². The first kappa shape index (κ1) is 16.6. The van der Waals surface area contributed by atoms with Crippen molar-refractivity contribution in [2.24, 2.45) is 0 Å². The van der Waals surface area contributed by atoms with Crippen LogP contribution in [-0.4, -0.2) is 35.8 Å². The van der Waals surface area contributed by atoms with Gasteiger partial charge in [0.15, 0.2) is 0 Å². The third-order valence-corrected chi connectivity index (χ3v) is 3.11. The van der Waals surface area contributed by atoms with Gasteiger partial charge in [-0.15, -0.1) is 0 Å². The lowest BCUT2D eigenvalue weighted by Crippen LogP contribution is -2.42. The van der Waals surface area contributed by atoms with E-state index in [4.69, 9.17) is 0 Å². The van der Waals surface area contributed by atoms with E-state index in [1.807, 2.05) is 13.8 Å². The van der Waals surface area contributed by atoms with E-state index in [-0.39, 0.29) is 24.1 Å². The molecule has 0 saturated heterocycles. The fourth-order valence-corrected chi connectivity index (χ4v) is 2.03. The Kier molecular flexibility index (Phi) is 6.13. The summed E-state index contributed by atoms with van der Waals surface area (Å²) in [6.45, 7) is 5.68. The van der Waals surface area contributed by atoms with Crippen molar-refractivity contribution in [3.05, 3.63) is 34.1 Å². The summed E-state index contributed by atoms with van der Waals surface area (Å²) < 4.78 is 14.3. The predicted octanol–water partition coefficient (Wildman–Crippen LogP) is 2.57. The van der Waals surface area contributed by atoms with Crippen LogP contribution >= 0.6 is 15.9 Å². The molecule has 0 unspecified atom stereocenters. The predicted molar refractivity (Wildman–Crippen MR) is 79.0 cm³/mol. The highest BCUT2D eigenvalue weighted by atomic mass is 79.9. The second-order valence-electron chi connectivity index (χ2n) is 4.67. The monoisotopic (exact) mass is 344 g/mol. The van der Waals surface area contributed by atoms with Crippen LogP contribution in [0, 0.1) is 5.82 Å². The van der Waals surface area contributed by atoms with Crippen LogP contribution in [0.3, 0.4) is 0 Å². The molecule has 1 rings (SSSR count). The van der Waals surface area contributed by atoms with Crippen molar-refractivity contribution >= 4 is 27.7 Å². The molecule has 0 radical (unpaired) electrons. The van der Waals surface area contributed by atoms with E-state index in [1.54, 1.807) is 13.0 Å². The summed E-state index contributed by atoms with van der Waals surface area (Å²) in [7, 11) is 0. The highest BCUT2D eigenvalue weighted by molar-refractivity contribution is 9.10. The van der Waals surface area contributed by atoms with Crippen LogP contribution in [0.2, 0.25) is 0 Å². The van der Waals surface area contributed by atoms with Gasteiger partial charge in [0.05, 0.1) is 12.1 Å². The summed E-state index contributed by atoms with van der Waals surface area (Å²) in [5, 5.41) is 2.70. The Morgan fingerprint density at radius 3 is 2.55 bits per heavy atom. The zero-order valence-corrected chi connectivity index (χ0v) is 13.3. The number of carbonyl (C=O) groups excluding carboxylic acids is 2. The number of hydrogen-bond donors (Lipinski definition) is 1. The summed E-state index contributed by atoms with van der Waals surface area (Å²) in [4.78, 5) is 25.2. The number of nitrogens with one attached hydrogen (secondary N) is 1. The molecule has 0 aliphatic rings. The lowest BCUT2D eigenvalue weighted by atomic mass is 10.2. The molecule has 0 aliphatic heterocycles. The maximum atomic E-state index is 13.8. The number of halogens is 2. The lowest BCUT2D eigenvalue weighted by Gasteiger charge is -2.21. The average molecular weight is 345 g/mol. The van der Waals surface area contributed by atoms with Gasteiger partial charge in [-0.25, -0.2) is 4.39 Å². The van der Waals surface area contributed by atoms with Gasteiger partial charge in [0.2, 0.25) is 5.91 Å². The van der Waals surface area contributed by atoms with Crippen molar-refractivity contribution in [3.8, 4) is 0 Å². The summed E-state index contributed by atoms with van der Waals surface area (Å²) in [6.07, 6.45) is 0. The molecular formula is C14H18BrFN2O2. The first-order valence-electron chi connectivity index (χ1n) is 6.38. The third-order valence-electron chi connectivity index (χ3n) is 2.61. The van der Waals surface area contributed by atoms with E-state index in [0.717, 1.165) is 0 Å². The van der Waals surface area contributed by atoms with Gasteiger partial charge in [-0.1, -0.05) is 15.9 Å². The lowest BCUT2D eigenvalue weighted by molar-refractivity contribution is -0.122. The molecule has 6 heteroatoms. The highest BCUT2D eigenvalue weighted by Gasteiger charge is 2.20. The number of amides is 2. The number of benzene rings is 1. The second kappa shape index (κ2) is 7.38. The van der Waals surface area contributed by atoms with Crippen LogP contribution in [0.5, 0.6) is 0 Å². The SMILES string of the molecule is CCN(CC(=O)NC(C)C)C(=O)c1ccc(Br)cc1F. The van der Waals surface area contributed by atoms with E-state index in [2.05, 4.69) is 21.2 Å². The largest absolute Gasteiger partial charge is 0.352 e. The second-order valence-corrected chi connectivity index (χ2v) is 5.58. The minimum atomic E-state index is -0.605. The fourth-order valence-electron chi connectivity index (χ4n) is 1.70. The fraction of sp³-hybridized carbons (Fsp3) is 0.429. The Labute approximate surface area is 126 Å². The Morgan fingerprint density at radius 2 is 2.05 bits per heavy atom. The van der Waals surface area contributed by atoms with Gasteiger partial charge in [-0.3, -0.25) is 9.59 Å². The van der Waals surface area contributed by atoms with Gasteiger partial charge in [0.1, 0.15) is 5.82 Å². The standard InChI is InChI=1S/C14H18BrFN2O2/c1-4-18(8-13(19)17-9(2)3)14(20)11-6-5-10(15)7-12(11)16/h5-7,9H,4,8H2,1-3H3,(H,17,19). The van der Waals surface area contributed by atoms with Crippen LogP contribution < -0.4 is 5.32 Å². The Bertz CT molecular complexity index is 506. The molecule has 0 saturated carbocycles. The maximum absolute atomic E-state index is 13.8. The Morgan fingerprint density at radius 1 is 1.40 bits per heavy atom. The van der Waals surface area contributed by atoms with Crippen LogP contribution in [0.1, 0.15) is 31.1 Å². The van der Waals surface area contributed by atoms with Gasteiger partial charge < -0.3 is 10.2 Å². The van der Waals surface area contributed by atoms with Crippen LogP contribution in [0.4, 0.5) is 4.39 Å². The zero-order chi connectivity index (χ0) is 15.3. The van der Waals surface area contributed by atoms with E-state index in [1.165, 1.54) is 17.0 Å². The Hall–Kier alpha value is -1.43. The minimum Gasteiger partial charge on any atom is -0.352 e. The molecule has 0 atom stereocenters. The molecular weight excluding hydrogens is 327 g/mol. The molecule has 0 heterocycles. The normalized spacial score (nSPS) is 10.5. The number of rotatable bonds is 5. The van der Waals surface area contributed by atoms with Crippen molar-refractivity contribution in [3.63, 3.8) is 0 Å². The number of likely N-dealkylation sites (N-methyl/N-ethyl adjacent to an activating group) is 1. The van der Waals surface area contributed by atoms with Crippen molar-refractivity contribution in [1.29, 1.82) is 0 Å². The maximum Gasteiger partial charge on any atom is 0.257 e. The number of nitrogens with zero attached hydrogens (tertiary/aromatic N) is 1. The molecule has 0 spiro atoms. The van der Waals surface area contributed by atoms with Crippen molar-refractivity contribution in [2.75, 3.05) is 13.1 Å². The Balaban J connectivity index is 2.84. The molecule has 1 aromatic rings. The summed E-state index contributed by atoms with van der Waals surface area (Å²) in [6, 6.07) is 4.24. The molecule has 110 valence electrons. The topological polar surface area (TPSA) is 49.4 Å². The molecule has 4 nitrogen and oxygen atoms in total. The van der Waals surface area contributed by atoms with E-state index in [0.29, 0.717) is 11.0 Å². The van der Waals surface area contributed by atoms with E-state index in [9.17, 15) is 14.0 Å². The molecule has 0 aromatic heterocycles. The quantitative estimate of drug-likeness (QED) is 0.892. The van der Waals surface area contributed by atoms with E-state index < -0.39 is 11.7 Å². The molecule has 0 aliphatic carbocycles. The number of hydrogen-bond acceptors (Lipinski definition) is 2. The highest BCUT2D eigenvalue weighted by Crippen LogP contribution is 2.16. The smallest absolute Gasteiger partial charge is 0.257 e. The molecule has 0 fully saturated rings. The van der Waals surface area contributed by atoms with Crippen LogP contribution in [0.25, 0.3) is 0 Å². The molecule has 20 heavy (non-hydrogen) atoms. The van der Waals surface area contributed by atoms with Gasteiger partial charge >= 0.3 is 0 Å². The van der Waals surface area contributed by atoms with Crippen molar-refractivity contribution < 1.29 is 14.0 Å². The minimum absolute atomic E-state index is 0.000671.